The Morgan fingerprint density at radius 3 is 2.79 bits per heavy atom. The zero-order valence-corrected chi connectivity index (χ0v) is 14.5. The number of carbonyl (C=O) groups is 2. The van der Waals surface area contributed by atoms with E-state index in [4.69, 9.17) is 5.11 Å². The van der Waals surface area contributed by atoms with Crippen molar-refractivity contribution < 1.29 is 14.7 Å². The van der Waals surface area contributed by atoms with Crippen molar-refractivity contribution >= 4 is 29.3 Å². The first-order valence-corrected chi connectivity index (χ1v) is 8.86. The maximum absolute atomic E-state index is 12.2. The van der Waals surface area contributed by atoms with Gasteiger partial charge in [-0.1, -0.05) is 26.0 Å². The summed E-state index contributed by atoms with van der Waals surface area (Å²) in [6.07, 6.45) is 0.151. The van der Waals surface area contributed by atoms with Crippen molar-refractivity contribution in [3.63, 3.8) is 0 Å². The molecule has 7 heteroatoms. The third-order valence-electron chi connectivity index (χ3n) is 3.37. The van der Waals surface area contributed by atoms with Gasteiger partial charge in [-0.05, 0) is 29.7 Å². The van der Waals surface area contributed by atoms with E-state index in [9.17, 15) is 9.59 Å². The minimum Gasteiger partial charge on any atom is -0.481 e. The highest BCUT2D eigenvalue weighted by molar-refractivity contribution is 7.98. The van der Waals surface area contributed by atoms with Crippen molar-refractivity contribution in [1.82, 2.24) is 10.2 Å². The van der Waals surface area contributed by atoms with Crippen LogP contribution in [0.5, 0.6) is 0 Å². The number of benzene rings is 1. The Morgan fingerprint density at radius 1 is 1.33 bits per heavy atom. The van der Waals surface area contributed by atoms with E-state index < -0.39 is 5.97 Å². The van der Waals surface area contributed by atoms with Gasteiger partial charge in [-0.2, -0.15) is 16.9 Å². The molecule has 0 fully saturated rings. The number of carboxylic acids is 1. The van der Waals surface area contributed by atoms with Crippen molar-refractivity contribution in [1.29, 1.82) is 0 Å². The molecule has 0 spiro atoms. The summed E-state index contributed by atoms with van der Waals surface area (Å²) >= 11 is 1.55. The van der Waals surface area contributed by atoms with Crippen molar-refractivity contribution in [2.75, 3.05) is 11.1 Å². The van der Waals surface area contributed by atoms with Gasteiger partial charge >= 0.3 is 5.97 Å². The van der Waals surface area contributed by atoms with Gasteiger partial charge in [0.15, 0.2) is 5.69 Å². The standard InChI is InChI=1S/C17H21N3O3S/c1-11(2)14-9-15(20-19-14)17(23)18-13-5-3-4-12(8-13)10-24-7-6-16(21)22/h3-5,8-9,11H,6-7,10H2,1-2H3,(H,18,23)(H,19,20)(H,21,22). The molecule has 1 amide bonds. The highest BCUT2D eigenvalue weighted by atomic mass is 32.2. The van der Waals surface area contributed by atoms with Crippen molar-refractivity contribution in [2.45, 2.75) is 31.9 Å². The molecule has 0 radical (unpaired) electrons. The maximum atomic E-state index is 12.2. The van der Waals surface area contributed by atoms with E-state index in [0.29, 0.717) is 22.9 Å². The molecule has 6 nitrogen and oxygen atoms in total. The fourth-order valence-electron chi connectivity index (χ4n) is 2.03. The zero-order chi connectivity index (χ0) is 17.5. The molecule has 0 saturated heterocycles. The van der Waals surface area contributed by atoms with Crippen LogP contribution >= 0.6 is 11.8 Å². The summed E-state index contributed by atoms with van der Waals surface area (Å²) in [6.45, 7) is 4.06. The number of hydrogen-bond acceptors (Lipinski definition) is 4. The molecular formula is C17H21N3O3S. The molecule has 128 valence electrons. The number of aromatic amines is 1. The number of hydrogen-bond donors (Lipinski definition) is 3. The molecule has 0 aliphatic carbocycles. The predicted octanol–water partition coefficient (Wildman–Crippen LogP) is 3.49. The number of rotatable bonds is 8. The van der Waals surface area contributed by atoms with Crippen LogP contribution in [0.3, 0.4) is 0 Å². The molecular weight excluding hydrogens is 326 g/mol. The topological polar surface area (TPSA) is 95.1 Å². The smallest absolute Gasteiger partial charge is 0.304 e. The van der Waals surface area contributed by atoms with Crippen molar-refractivity contribution in [2.24, 2.45) is 0 Å². The third-order valence-corrected chi connectivity index (χ3v) is 4.40. The Bertz CT molecular complexity index is 713. The van der Waals surface area contributed by atoms with Gasteiger partial charge in [-0.3, -0.25) is 14.7 Å². The van der Waals surface area contributed by atoms with Gasteiger partial charge in [0.25, 0.3) is 5.91 Å². The van der Waals surface area contributed by atoms with Gasteiger partial charge in [0, 0.05) is 22.9 Å². The number of nitrogens with zero attached hydrogens (tertiary/aromatic N) is 1. The number of amides is 1. The molecule has 0 aliphatic heterocycles. The van der Waals surface area contributed by atoms with Crippen LogP contribution in [0.2, 0.25) is 0 Å². The van der Waals surface area contributed by atoms with Crippen LogP contribution in [0.15, 0.2) is 30.3 Å². The minimum absolute atomic E-state index is 0.151. The number of thioether (sulfide) groups is 1. The van der Waals surface area contributed by atoms with Crippen LogP contribution in [0.4, 0.5) is 5.69 Å². The quantitative estimate of drug-likeness (QED) is 0.635. The molecule has 0 saturated carbocycles. The monoisotopic (exact) mass is 347 g/mol. The number of nitrogens with one attached hydrogen (secondary N) is 2. The van der Waals surface area contributed by atoms with Gasteiger partial charge in [-0.15, -0.1) is 0 Å². The van der Waals surface area contributed by atoms with E-state index in [1.807, 2.05) is 38.1 Å². The number of carboxylic acid groups (broad SMARTS) is 1. The zero-order valence-electron chi connectivity index (χ0n) is 13.7. The molecule has 0 bridgehead atoms. The number of aliphatic carboxylic acids is 1. The van der Waals surface area contributed by atoms with E-state index in [2.05, 4.69) is 15.5 Å². The Balaban J connectivity index is 1.93. The Kier molecular flexibility index (Phi) is 6.43. The first kappa shape index (κ1) is 18.1. The second-order valence-electron chi connectivity index (χ2n) is 5.71. The van der Waals surface area contributed by atoms with E-state index >= 15 is 0 Å². The predicted molar refractivity (Wildman–Crippen MR) is 95.5 cm³/mol. The Labute approximate surface area is 145 Å². The number of aromatic nitrogens is 2. The summed E-state index contributed by atoms with van der Waals surface area (Å²) in [5, 5.41) is 18.4. The molecule has 0 aliphatic rings. The van der Waals surface area contributed by atoms with Crippen molar-refractivity contribution in [3.8, 4) is 0 Å². The largest absolute Gasteiger partial charge is 0.481 e. The lowest BCUT2D eigenvalue weighted by Crippen LogP contribution is -2.12. The summed E-state index contributed by atoms with van der Waals surface area (Å²) in [5.74, 6) is 0.510. The normalized spacial score (nSPS) is 10.8. The number of anilines is 1. The first-order chi connectivity index (χ1) is 11.5. The van der Waals surface area contributed by atoms with Crippen LogP contribution in [-0.4, -0.2) is 32.9 Å². The lowest BCUT2D eigenvalue weighted by Gasteiger charge is -2.06. The van der Waals surface area contributed by atoms with E-state index in [1.165, 1.54) is 0 Å². The van der Waals surface area contributed by atoms with Gasteiger partial charge in [0.1, 0.15) is 0 Å². The average Bonchev–Trinajstić information content (AvgIpc) is 3.02. The minimum atomic E-state index is -0.789. The van der Waals surface area contributed by atoms with E-state index in [1.54, 1.807) is 17.8 Å². The van der Waals surface area contributed by atoms with E-state index in [-0.39, 0.29) is 18.2 Å². The molecule has 2 aromatic rings. The van der Waals surface area contributed by atoms with Crippen LogP contribution in [0.1, 0.15) is 47.9 Å². The maximum Gasteiger partial charge on any atom is 0.304 e. The second kappa shape index (κ2) is 8.54. The molecule has 1 aromatic carbocycles. The third kappa shape index (κ3) is 5.42. The molecule has 0 atom stereocenters. The summed E-state index contributed by atoms with van der Waals surface area (Å²) in [5.41, 5.74) is 3.02. The second-order valence-corrected chi connectivity index (χ2v) is 6.82. The number of H-pyrrole nitrogens is 1. The molecule has 0 unspecified atom stereocenters. The summed E-state index contributed by atoms with van der Waals surface area (Å²) in [7, 11) is 0. The molecule has 2 rings (SSSR count). The number of carbonyl (C=O) groups excluding carboxylic acids is 1. The van der Waals surface area contributed by atoms with Crippen molar-refractivity contribution in [3.05, 3.63) is 47.3 Å². The first-order valence-electron chi connectivity index (χ1n) is 7.71. The SMILES string of the molecule is CC(C)c1cc(C(=O)Nc2cccc(CSCCC(=O)O)c2)n[nH]1. The van der Waals surface area contributed by atoms with E-state index in [0.717, 1.165) is 11.3 Å². The average molecular weight is 347 g/mol. The lowest BCUT2D eigenvalue weighted by atomic mass is 10.1. The van der Waals surface area contributed by atoms with Gasteiger partial charge in [0.05, 0.1) is 6.42 Å². The summed E-state index contributed by atoms with van der Waals surface area (Å²) in [4.78, 5) is 22.7. The molecule has 1 aromatic heterocycles. The van der Waals surface area contributed by atoms with Gasteiger partial charge in [0.2, 0.25) is 0 Å². The summed E-state index contributed by atoms with van der Waals surface area (Å²) < 4.78 is 0. The van der Waals surface area contributed by atoms with Crippen LogP contribution in [-0.2, 0) is 10.5 Å². The summed E-state index contributed by atoms with van der Waals surface area (Å²) in [6, 6.07) is 9.29. The van der Waals surface area contributed by atoms with Gasteiger partial charge in [-0.25, -0.2) is 0 Å². The fraction of sp³-hybridized carbons (Fsp3) is 0.353. The highest BCUT2D eigenvalue weighted by Crippen LogP contribution is 2.18. The van der Waals surface area contributed by atoms with Crippen LogP contribution < -0.4 is 5.32 Å². The van der Waals surface area contributed by atoms with Crippen LogP contribution in [0.25, 0.3) is 0 Å². The molecule has 1 heterocycles. The van der Waals surface area contributed by atoms with Crippen LogP contribution in [0, 0.1) is 0 Å². The Hall–Kier alpha value is -2.28. The molecule has 3 N–H and O–H groups in total. The van der Waals surface area contributed by atoms with Gasteiger partial charge < -0.3 is 10.4 Å². The lowest BCUT2D eigenvalue weighted by molar-refractivity contribution is -0.136. The Morgan fingerprint density at radius 2 is 2.12 bits per heavy atom. The highest BCUT2D eigenvalue weighted by Gasteiger charge is 2.12. The fourth-order valence-corrected chi connectivity index (χ4v) is 2.91. The molecule has 24 heavy (non-hydrogen) atoms.